The Balaban J connectivity index is 0. The lowest BCUT2D eigenvalue weighted by Gasteiger charge is -1.90. The highest BCUT2D eigenvalue weighted by Crippen LogP contribution is 1.47. The molecular weight excluding hydrogens is 178 g/mol. The first-order valence-electron chi connectivity index (χ1n) is 1.82. The minimum Gasteiger partial charge on any atom is -0.372 e. The predicted octanol–water partition coefficient (Wildman–Crippen LogP) is -2.76. The van der Waals surface area contributed by atoms with Crippen molar-refractivity contribution in [2.45, 2.75) is 0 Å². The third kappa shape index (κ3) is 1750. The van der Waals surface area contributed by atoms with E-state index in [4.69, 9.17) is 12.6 Å². The summed E-state index contributed by atoms with van der Waals surface area (Å²) in [5.41, 5.74) is 0. The van der Waals surface area contributed by atoms with E-state index in [0.717, 1.165) is 0 Å². The van der Waals surface area contributed by atoms with Gasteiger partial charge in [0.15, 0.2) is 0 Å². The summed E-state index contributed by atoms with van der Waals surface area (Å²) in [4.78, 5) is 2.00. The Kier molecular flexibility index (Phi) is 10.2. The average molecular weight is 188 g/mol. The maximum atomic E-state index is 8.63. The molecule has 5 heteroatoms. The smallest absolute Gasteiger partial charge is 0.372 e. The third-order valence-corrected chi connectivity index (χ3v) is 0. The fourth-order valence-electron chi connectivity index (χ4n) is 0. The summed E-state index contributed by atoms with van der Waals surface area (Å²) in [6.45, 7) is 0. The van der Waals surface area contributed by atoms with E-state index in [-0.39, 0.29) is 0 Å². The van der Waals surface area contributed by atoms with Gasteiger partial charge >= 0.3 is 14.8 Å². The molecule has 0 aromatic carbocycles. The van der Waals surface area contributed by atoms with Gasteiger partial charge in [0.2, 0.25) is 0 Å². The van der Waals surface area contributed by atoms with Gasteiger partial charge in [-0.1, -0.05) is 0 Å². The highest BCUT2D eigenvalue weighted by molar-refractivity contribution is 4.09. The van der Waals surface area contributed by atoms with Gasteiger partial charge in [0.1, 0.15) is 0 Å². The van der Waals surface area contributed by atoms with Crippen molar-refractivity contribution in [2.75, 3.05) is 21.1 Å². The van der Waals surface area contributed by atoms with Crippen LogP contribution >= 0.6 is 0 Å². The van der Waals surface area contributed by atoms with Crippen LogP contribution in [-0.4, -0.2) is 30.2 Å². The van der Waals surface area contributed by atoms with Gasteiger partial charge in [0.25, 0.3) is 0 Å². The van der Waals surface area contributed by atoms with Crippen LogP contribution in [0.1, 0.15) is 0 Å². The largest absolute Gasteiger partial charge is 0.433 e. The molecule has 52 valence electrons. The molecule has 0 heterocycles. The van der Waals surface area contributed by atoms with Gasteiger partial charge in [-0.25, -0.2) is 0 Å². The first-order chi connectivity index (χ1) is 3.46. The number of halogens is 1. The SMILES string of the molecule is CN(C)C.[O-][Br+2]([O-])O. The standard InChI is InChI=1S/C3H9N.BrHO3/c1-4(2)3;2-1(3)4/h1-3H3;2H. The van der Waals surface area contributed by atoms with Crippen LogP contribution in [0.4, 0.5) is 0 Å². The summed E-state index contributed by atoms with van der Waals surface area (Å²) < 4.78 is 24.3. The molecule has 0 bridgehead atoms. The Bertz CT molecular complexity index is 30.0. The van der Waals surface area contributed by atoms with Crippen LogP contribution in [0.3, 0.4) is 0 Å². The molecule has 0 aromatic heterocycles. The van der Waals surface area contributed by atoms with Gasteiger partial charge in [0.05, 0.1) is 0 Å². The second-order valence-corrected chi connectivity index (χ2v) is 2.39. The van der Waals surface area contributed by atoms with Crippen molar-refractivity contribution in [3.63, 3.8) is 0 Å². The molecule has 0 spiro atoms. The molecule has 0 rings (SSSR count). The van der Waals surface area contributed by atoms with E-state index in [1.54, 1.807) is 0 Å². The van der Waals surface area contributed by atoms with E-state index in [9.17, 15) is 0 Å². The second-order valence-electron chi connectivity index (χ2n) is 1.54. The van der Waals surface area contributed by atoms with Crippen LogP contribution in [-0.2, 0) is 0 Å². The number of hydrogen-bond donors (Lipinski definition) is 1. The van der Waals surface area contributed by atoms with Gasteiger partial charge in [-0.3, -0.25) is 0 Å². The highest BCUT2D eigenvalue weighted by Gasteiger charge is 1.86. The van der Waals surface area contributed by atoms with E-state index in [1.165, 1.54) is 0 Å². The number of hydrogen-bond acceptors (Lipinski definition) is 4. The van der Waals surface area contributed by atoms with E-state index in [0.29, 0.717) is 0 Å². The van der Waals surface area contributed by atoms with E-state index < -0.39 is 14.8 Å². The zero-order valence-electron chi connectivity index (χ0n) is 5.09. The Hall–Kier alpha value is 0.320. The van der Waals surface area contributed by atoms with Crippen molar-refractivity contribution >= 4 is 0 Å². The Labute approximate surface area is 54.2 Å². The van der Waals surface area contributed by atoms with Crippen molar-refractivity contribution in [1.29, 1.82) is 0 Å². The minimum absolute atomic E-state index is 2.00. The zero-order valence-corrected chi connectivity index (χ0v) is 6.67. The molecule has 4 nitrogen and oxygen atoms in total. The van der Waals surface area contributed by atoms with E-state index in [1.807, 2.05) is 26.0 Å². The minimum atomic E-state index is -3.40. The summed E-state index contributed by atoms with van der Waals surface area (Å²) in [5, 5.41) is 0. The number of rotatable bonds is 0. The van der Waals surface area contributed by atoms with Gasteiger partial charge in [-0.05, 0) is 25.3 Å². The van der Waals surface area contributed by atoms with Crippen LogP contribution in [0.15, 0.2) is 0 Å². The molecule has 0 fully saturated rings. The maximum absolute atomic E-state index is 8.63. The predicted molar refractivity (Wildman–Crippen MR) is 21.8 cm³/mol. The molecule has 0 aliphatic heterocycles. The molecule has 0 aliphatic rings. The van der Waals surface area contributed by atoms with Crippen LogP contribution in [0.2, 0.25) is 0 Å². The van der Waals surface area contributed by atoms with Gasteiger partial charge in [-0.15, -0.1) is 0 Å². The topological polar surface area (TPSA) is 69.6 Å². The second kappa shape index (κ2) is 7.32. The summed E-state index contributed by atoms with van der Waals surface area (Å²) in [6, 6.07) is 0. The normalized spacial score (nSPS) is 9.00. The monoisotopic (exact) mass is 187 g/mol. The Morgan fingerprint density at radius 1 is 1.25 bits per heavy atom. The van der Waals surface area contributed by atoms with Crippen LogP contribution < -0.4 is 8.40 Å². The van der Waals surface area contributed by atoms with Crippen molar-refractivity contribution in [3.05, 3.63) is 0 Å². The van der Waals surface area contributed by atoms with E-state index >= 15 is 0 Å². The summed E-state index contributed by atoms with van der Waals surface area (Å²) >= 11 is -3.40. The molecule has 0 aromatic rings. The van der Waals surface area contributed by atoms with Crippen LogP contribution in [0.5, 0.6) is 0 Å². The molecule has 0 amide bonds. The molecule has 0 saturated heterocycles. The quantitative estimate of drug-likeness (QED) is 0.447. The average Bonchev–Trinajstić information content (AvgIpc) is 1.25. The van der Waals surface area contributed by atoms with Gasteiger partial charge in [-0.2, -0.15) is 0 Å². The molecular formula is C3H10BrNO3. The molecule has 0 saturated carbocycles. The molecule has 0 aliphatic carbocycles. The van der Waals surface area contributed by atoms with Crippen LogP contribution in [0.25, 0.3) is 0 Å². The summed E-state index contributed by atoms with van der Waals surface area (Å²) in [5.74, 6) is 0. The Morgan fingerprint density at radius 3 is 1.25 bits per heavy atom. The lowest BCUT2D eigenvalue weighted by Crippen LogP contribution is -2.30. The first-order valence-corrected chi connectivity index (χ1v) is 3.82. The van der Waals surface area contributed by atoms with Crippen LogP contribution in [0, 0.1) is 14.8 Å². The van der Waals surface area contributed by atoms with Gasteiger partial charge < -0.3 is 13.3 Å². The third-order valence-electron chi connectivity index (χ3n) is 0. The summed E-state index contributed by atoms with van der Waals surface area (Å²) in [7, 11) is 6.00. The summed E-state index contributed by atoms with van der Waals surface area (Å²) in [6.07, 6.45) is 0. The molecule has 0 unspecified atom stereocenters. The van der Waals surface area contributed by atoms with Gasteiger partial charge in [0, 0.05) is 0 Å². The van der Waals surface area contributed by atoms with E-state index in [2.05, 4.69) is 0 Å². The molecule has 0 atom stereocenters. The van der Waals surface area contributed by atoms with Crippen molar-refractivity contribution < 1.29 is 27.4 Å². The van der Waals surface area contributed by atoms with Crippen molar-refractivity contribution in [2.24, 2.45) is 0 Å². The molecule has 0 radical (unpaired) electrons. The molecule has 1 N–H and O–H groups in total. The maximum Gasteiger partial charge on any atom is 0.433 e. The lowest BCUT2D eigenvalue weighted by molar-refractivity contribution is -1.63. The fraction of sp³-hybridized carbons (Fsp3) is 1.00. The van der Waals surface area contributed by atoms with Crippen molar-refractivity contribution in [1.82, 2.24) is 4.90 Å². The van der Waals surface area contributed by atoms with Crippen molar-refractivity contribution in [3.8, 4) is 0 Å². The zero-order chi connectivity index (χ0) is 7.15. The fourth-order valence-corrected chi connectivity index (χ4v) is 0. The first kappa shape index (κ1) is 11.2. The highest BCUT2D eigenvalue weighted by atomic mass is 80.0. The Morgan fingerprint density at radius 2 is 1.25 bits per heavy atom. The lowest BCUT2D eigenvalue weighted by atomic mass is 11.0. The number of nitrogens with zero attached hydrogens (tertiary/aromatic N) is 1. The molecule has 8 heavy (non-hydrogen) atoms.